The highest BCUT2D eigenvalue weighted by atomic mass is 32.2. The minimum absolute atomic E-state index is 0.0632. The van der Waals surface area contributed by atoms with Crippen molar-refractivity contribution in [1.29, 1.82) is 0 Å². The predicted octanol–water partition coefficient (Wildman–Crippen LogP) is 3.43. The van der Waals surface area contributed by atoms with Crippen LogP contribution >= 0.6 is 11.8 Å². The number of ether oxygens (including phenoxy) is 2. The van der Waals surface area contributed by atoms with Gasteiger partial charge in [0.1, 0.15) is 16.7 Å². The first-order valence-corrected chi connectivity index (χ1v) is 10.6. The molecule has 2 aromatic carbocycles. The van der Waals surface area contributed by atoms with Crippen LogP contribution in [0.3, 0.4) is 0 Å². The Labute approximate surface area is 185 Å². The van der Waals surface area contributed by atoms with Crippen molar-refractivity contribution in [2.45, 2.75) is 25.5 Å². The summed E-state index contributed by atoms with van der Waals surface area (Å²) in [7, 11) is 1.60. The topological polar surface area (TPSA) is 101 Å². The molecule has 9 heteroatoms. The number of thioether (sulfide) groups is 1. The van der Waals surface area contributed by atoms with E-state index in [1.807, 2.05) is 38.1 Å². The lowest BCUT2D eigenvalue weighted by Gasteiger charge is -2.21. The van der Waals surface area contributed by atoms with Crippen molar-refractivity contribution < 1.29 is 19.1 Å². The van der Waals surface area contributed by atoms with Gasteiger partial charge in [0, 0.05) is 12.1 Å². The van der Waals surface area contributed by atoms with Gasteiger partial charge in [0.05, 0.1) is 19.4 Å². The lowest BCUT2D eigenvalue weighted by atomic mass is 10.1. The molecule has 1 aliphatic rings. The van der Waals surface area contributed by atoms with Gasteiger partial charge in [-0.05, 0) is 67.9 Å². The SMILES string of the molecule is CCOc1ccc(NC(=O)C2CC(=O)N/C(=N\N=C(/C)c3ccc(OC)cc3)S2)cc1. The fourth-order valence-corrected chi connectivity index (χ4v) is 3.70. The molecule has 1 unspecified atom stereocenters. The Morgan fingerprint density at radius 3 is 2.48 bits per heavy atom. The average molecular weight is 441 g/mol. The van der Waals surface area contributed by atoms with Crippen molar-refractivity contribution in [2.24, 2.45) is 10.2 Å². The third-order valence-electron chi connectivity index (χ3n) is 4.39. The van der Waals surface area contributed by atoms with E-state index in [-0.39, 0.29) is 23.4 Å². The van der Waals surface area contributed by atoms with Crippen LogP contribution in [0.5, 0.6) is 11.5 Å². The second-order valence-corrected chi connectivity index (χ2v) is 7.82. The molecule has 162 valence electrons. The summed E-state index contributed by atoms with van der Waals surface area (Å²) >= 11 is 1.17. The number of hydrogen-bond acceptors (Lipinski definition) is 7. The van der Waals surface area contributed by atoms with Crippen LogP contribution in [0, 0.1) is 0 Å². The molecule has 2 N–H and O–H groups in total. The van der Waals surface area contributed by atoms with Crippen LogP contribution < -0.4 is 20.1 Å². The highest BCUT2D eigenvalue weighted by molar-refractivity contribution is 8.15. The molecule has 2 amide bonds. The molecule has 0 radical (unpaired) electrons. The van der Waals surface area contributed by atoms with E-state index < -0.39 is 5.25 Å². The third-order valence-corrected chi connectivity index (χ3v) is 5.47. The van der Waals surface area contributed by atoms with Gasteiger partial charge in [-0.25, -0.2) is 0 Å². The summed E-state index contributed by atoms with van der Waals surface area (Å²) < 4.78 is 10.5. The number of rotatable bonds is 7. The summed E-state index contributed by atoms with van der Waals surface area (Å²) in [6.45, 7) is 4.29. The van der Waals surface area contributed by atoms with Crippen molar-refractivity contribution in [2.75, 3.05) is 19.0 Å². The van der Waals surface area contributed by atoms with Crippen LogP contribution in [0.1, 0.15) is 25.8 Å². The summed E-state index contributed by atoms with van der Waals surface area (Å²) in [6.07, 6.45) is 0.0632. The second-order valence-electron chi connectivity index (χ2n) is 6.62. The summed E-state index contributed by atoms with van der Waals surface area (Å²) in [5.41, 5.74) is 2.18. The van der Waals surface area contributed by atoms with E-state index in [0.29, 0.717) is 18.0 Å². The van der Waals surface area contributed by atoms with E-state index in [1.54, 1.807) is 31.4 Å². The number of anilines is 1. The molecule has 0 bridgehead atoms. The van der Waals surface area contributed by atoms with E-state index in [9.17, 15) is 9.59 Å². The zero-order valence-corrected chi connectivity index (χ0v) is 18.4. The molecular weight excluding hydrogens is 416 g/mol. The third kappa shape index (κ3) is 6.32. The van der Waals surface area contributed by atoms with Crippen LogP contribution in [0.15, 0.2) is 58.7 Å². The van der Waals surface area contributed by atoms with Gasteiger partial charge in [-0.2, -0.15) is 5.10 Å². The van der Waals surface area contributed by atoms with Crippen LogP contribution in [-0.4, -0.2) is 41.7 Å². The summed E-state index contributed by atoms with van der Waals surface area (Å²) in [6, 6.07) is 14.5. The zero-order chi connectivity index (χ0) is 22.2. The zero-order valence-electron chi connectivity index (χ0n) is 17.5. The van der Waals surface area contributed by atoms with Crippen molar-refractivity contribution in [3.8, 4) is 11.5 Å². The standard InChI is InChI=1S/C22H24N4O4S/c1-4-30-18-11-7-16(8-12-18)23-21(28)19-13-20(27)24-22(31-19)26-25-14(2)15-5-9-17(29-3)10-6-15/h5-12,19H,4,13H2,1-3H3,(H,23,28)(H,24,26,27)/b25-14+. The van der Waals surface area contributed by atoms with Gasteiger partial charge in [0.25, 0.3) is 0 Å². The fraction of sp³-hybridized carbons (Fsp3) is 0.273. The van der Waals surface area contributed by atoms with E-state index in [1.165, 1.54) is 11.8 Å². The van der Waals surface area contributed by atoms with Crippen LogP contribution in [0.4, 0.5) is 5.69 Å². The minimum Gasteiger partial charge on any atom is -0.497 e. The summed E-state index contributed by atoms with van der Waals surface area (Å²) in [4.78, 5) is 24.7. The Hall–Kier alpha value is -3.33. The van der Waals surface area contributed by atoms with Gasteiger partial charge in [-0.3, -0.25) is 9.59 Å². The lowest BCUT2D eigenvalue weighted by molar-refractivity contribution is -0.123. The number of nitrogens with one attached hydrogen (secondary N) is 2. The Bertz CT molecular complexity index is 988. The van der Waals surface area contributed by atoms with Crippen molar-refractivity contribution in [1.82, 2.24) is 5.32 Å². The number of amidine groups is 1. The molecule has 1 atom stereocenters. The molecule has 1 heterocycles. The van der Waals surface area contributed by atoms with Gasteiger partial charge >= 0.3 is 0 Å². The number of benzene rings is 2. The number of carbonyl (C=O) groups is 2. The first-order valence-electron chi connectivity index (χ1n) is 9.75. The van der Waals surface area contributed by atoms with E-state index in [4.69, 9.17) is 9.47 Å². The first kappa shape index (κ1) is 22.4. The predicted molar refractivity (Wildman–Crippen MR) is 123 cm³/mol. The smallest absolute Gasteiger partial charge is 0.238 e. The molecular formula is C22H24N4O4S. The van der Waals surface area contributed by atoms with Crippen molar-refractivity contribution in [3.63, 3.8) is 0 Å². The van der Waals surface area contributed by atoms with Gasteiger partial charge in [-0.15, -0.1) is 5.10 Å². The quantitative estimate of drug-likeness (QED) is 0.507. The van der Waals surface area contributed by atoms with Gasteiger partial charge in [0.15, 0.2) is 5.17 Å². The minimum atomic E-state index is -0.601. The van der Waals surface area contributed by atoms with Crippen molar-refractivity contribution in [3.05, 3.63) is 54.1 Å². The Balaban J connectivity index is 1.65. The number of nitrogens with zero attached hydrogens (tertiary/aromatic N) is 2. The maximum absolute atomic E-state index is 12.6. The van der Waals surface area contributed by atoms with Crippen LogP contribution in [-0.2, 0) is 9.59 Å². The summed E-state index contributed by atoms with van der Waals surface area (Å²) in [5, 5.41) is 13.5. The Morgan fingerprint density at radius 2 is 1.84 bits per heavy atom. The fourth-order valence-electron chi connectivity index (χ4n) is 2.77. The number of amides is 2. The van der Waals surface area contributed by atoms with E-state index in [2.05, 4.69) is 20.8 Å². The molecule has 0 aliphatic carbocycles. The Kier molecular flexibility index (Phi) is 7.66. The maximum Gasteiger partial charge on any atom is 0.238 e. The molecule has 1 aliphatic heterocycles. The molecule has 0 spiro atoms. The van der Waals surface area contributed by atoms with Gasteiger partial charge < -0.3 is 20.1 Å². The van der Waals surface area contributed by atoms with Crippen LogP contribution in [0.2, 0.25) is 0 Å². The normalized spacial score (nSPS) is 17.8. The number of carbonyl (C=O) groups excluding carboxylic acids is 2. The van der Waals surface area contributed by atoms with E-state index in [0.717, 1.165) is 17.1 Å². The van der Waals surface area contributed by atoms with Gasteiger partial charge in [0.2, 0.25) is 11.8 Å². The molecule has 8 nitrogen and oxygen atoms in total. The maximum atomic E-state index is 12.6. The van der Waals surface area contributed by atoms with Crippen LogP contribution in [0.25, 0.3) is 0 Å². The molecule has 0 aromatic heterocycles. The molecule has 1 saturated heterocycles. The van der Waals surface area contributed by atoms with Gasteiger partial charge in [-0.1, -0.05) is 11.8 Å². The molecule has 0 saturated carbocycles. The van der Waals surface area contributed by atoms with E-state index >= 15 is 0 Å². The largest absolute Gasteiger partial charge is 0.497 e. The number of hydrogen-bond donors (Lipinski definition) is 2. The number of methoxy groups -OCH3 is 1. The van der Waals surface area contributed by atoms with Crippen molar-refractivity contribution >= 4 is 40.1 Å². The average Bonchev–Trinajstić information content (AvgIpc) is 2.78. The summed E-state index contributed by atoms with van der Waals surface area (Å²) in [5.74, 6) is 0.931. The molecule has 3 rings (SSSR count). The monoisotopic (exact) mass is 440 g/mol. The second kappa shape index (κ2) is 10.6. The highest BCUT2D eigenvalue weighted by Crippen LogP contribution is 2.23. The lowest BCUT2D eigenvalue weighted by Crippen LogP contribution is -2.41. The Morgan fingerprint density at radius 1 is 1.16 bits per heavy atom. The molecule has 31 heavy (non-hydrogen) atoms. The first-order chi connectivity index (χ1) is 15.0. The highest BCUT2D eigenvalue weighted by Gasteiger charge is 2.30. The molecule has 2 aromatic rings. The molecule has 1 fully saturated rings.